The average Bonchev–Trinajstić information content (AvgIpc) is 2.15. The number of hydrogen-bond acceptors (Lipinski definition) is 3. The maximum absolute atomic E-state index is 10.0. The summed E-state index contributed by atoms with van der Waals surface area (Å²) in [5, 5.41) is 8.25. The molecule has 1 N–H and O–H groups in total. The Balaban J connectivity index is 2.88. The normalized spacial score (nSPS) is 10.4. The summed E-state index contributed by atoms with van der Waals surface area (Å²) in [5.74, 6) is -0.937. The van der Waals surface area contributed by atoms with Crippen molar-refractivity contribution in [1.82, 2.24) is 0 Å². The van der Waals surface area contributed by atoms with Crippen molar-refractivity contribution in [2.24, 2.45) is 0 Å². The third kappa shape index (κ3) is 11.4. The topological polar surface area (TPSA) is 55.8 Å². The van der Waals surface area contributed by atoms with Crippen molar-refractivity contribution in [3.63, 3.8) is 0 Å². The highest BCUT2D eigenvalue weighted by Crippen LogP contribution is 1.98. The van der Waals surface area contributed by atoms with E-state index in [-0.39, 0.29) is 6.61 Å². The molecular weight excluding hydrogens is 184 g/mol. The molecule has 0 saturated heterocycles. The number of carboxylic acids is 1. The average molecular weight is 204 g/mol. The third-order valence-electron chi connectivity index (χ3n) is 1.74. The zero-order chi connectivity index (χ0) is 10.6. The van der Waals surface area contributed by atoms with Crippen LogP contribution in [-0.4, -0.2) is 37.5 Å². The fourth-order valence-electron chi connectivity index (χ4n) is 1.01. The lowest BCUT2D eigenvalue weighted by atomic mass is 10.2. The first-order valence-electron chi connectivity index (χ1n) is 5.14. The molecule has 0 heterocycles. The maximum atomic E-state index is 10.0. The summed E-state index contributed by atoms with van der Waals surface area (Å²) in [7, 11) is 0. The standard InChI is InChI=1S/C10H20O4/c1-2-3-4-5-6-13-7-8-14-9-10(11)12/h2-9H2,1H3,(H,11,12). The van der Waals surface area contributed by atoms with E-state index in [2.05, 4.69) is 6.92 Å². The molecule has 84 valence electrons. The van der Waals surface area contributed by atoms with Crippen molar-refractivity contribution in [1.29, 1.82) is 0 Å². The van der Waals surface area contributed by atoms with Gasteiger partial charge in [0.15, 0.2) is 0 Å². The minimum atomic E-state index is -0.937. The maximum Gasteiger partial charge on any atom is 0.329 e. The highest BCUT2D eigenvalue weighted by Gasteiger charge is 1.95. The highest BCUT2D eigenvalue weighted by molar-refractivity contribution is 5.67. The smallest absolute Gasteiger partial charge is 0.329 e. The second-order valence-corrected chi connectivity index (χ2v) is 3.12. The molecule has 0 saturated carbocycles. The van der Waals surface area contributed by atoms with Crippen LogP contribution in [-0.2, 0) is 14.3 Å². The van der Waals surface area contributed by atoms with Gasteiger partial charge in [0.05, 0.1) is 13.2 Å². The van der Waals surface area contributed by atoms with Gasteiger partial charge in [0, 0.05) is 6.61 Å². The van der Waals surface area contributed by atoms with Crippen LogP contribution in [0.3, 0.4) is 0 Å². The molecule has 0 bridgehead atoms. The Bertz CT molecular complexity index is 136. The predicted molar refractivity (Wildman–Crippen MR) is 53.4 cm³/mol. The molecule has 0 aromatic carbocycles. The minimum Gasteiger partial charge on any atom is -0.480 e. The predicted octanol–water partition coefficient (Wildman–Crippen LogP) is 1.68. The quantitative estimate of drug-likeness (QED) is 0.550. The molecule has 0 radical (unpaired) electrons. The second kappa shape index (κ2) is 10.5. The molecule has 0 aliphatic heterocycles. The molecule has 0 unspecified atom stereocenters. The van der Waals surface area contributed by atoms with E-state index in [1.165, 1.54) is 19.3 Å². The van der Waals surface area contributed by atoms with E-state index >= 15 is 0 Å². The van der Waals surface area contributed by atoms with E-state index < -0.39 is 5.97 Å². The van der Waals surface area contributed by atoms with Crippen molar-refractivity contribution in [2.45, 2.75) is 32.6 Å². The number of rotatable bonds is 10. The molecular formula is C10H20O4. The third-order valence-corrected chi connectivity index (χ3v) is 1.74. The summed E-state index contributed by atoms with van der Waals surface area (Å²) in [4.78, 5) is 10.0. The summed E-state index contributed by atoms with van der Waals surface area (Å²) in [5.41, 5.74) is 0. The van der Waals surface area contributed by atoms with Gasteiger partial charge in [-0.1, -0.05) is 26.2 Å². The van der Waals surface area contributed by atoms with Crippen molar-refractivity contribution in [3.8, 4) is 0 Å². The highest BCUT2D eigenvalue weighted by atomic mass is 16.5. The van der Waals surface area contributed by atoms with Crippen LogP contribution < -0.4 is 0 Å². The van der Waals surface area contributed by atoms with Gasteiger partial charge in [-0.15, -0.1) is 0 Å². The van der Waals surface area contributed by atoms with Crippen LogP contribution in [0, 0.1) is 0 Å². The van der Waals surface area contributed by atoms with E-state index in [0.29, 0.717) is 13.2 Å². The van der Waals surface area contributed by atoms with Crippen LogP contribution in [0.15, 0.2) is 0 Å². The van der Waals surface area contributed by atoms with Crippen molar-refractivity contribution in [2.75, 3.05) is 26.4 Å². The van der Waals surface area contributed by atoms with Crippen molar-refractivity contribution in [3.05, 3.63) is 0 Å². The second-order valence-electron chi connectivity index (χ2n) is 3.12. The van der Waals surface area contributed by atoms with E-state index in [9.17, 15) is 4.79 Å². The van der Waals surface area contributed by atoms with E-state index in [0.717, 1.165) is 13.0 Å². The molecule has 0 aliphatic carbocycles. The van der Waals surface area contributed by atoms with E-state index in [1.54, 1.807) is 0 Å². The zero-order valence-electron chi connectivity index (χ0n) is 8.83. The van der Waals surface area contributed by atoms with Gasteiger partial charge >= 0.3 is 5.97 Å². The summed E-state index contributed by atoms with van der Waals surface area (Å²) < 4.78 is 10.0. The van der Waals surface area contributed by atoms with Crippen molar-refractivity contribution >= 4 is 5.97 Å². The molecule has 4 nitrogen and oxygen atoms in total. The van der Waals surface area contributed by atoms with E-state index in [1.807, 2.05) is 0 Å². The van der Waals surface area contributed by atoms with Crippen molar-refractivity contribution < 1.29 is 19.4 Å². The Morgan fingerprint density at radius 3 is 2.43 bits per heavy atom. The van der Waals surface area contributed by atoms with Crippen LogP contribution in [0.25, 0.3) is 0 Å². The lowest BCUT2D eigenvalue weighted by molar-refractivity contribution is -0.142. The van der Waals surface area contributed by atoms with Gasteiger partial charge in [0.1, 0.15) is 6.61 Å². The number of hydrogen-bond donors (Lipinski definition) is 1. The first-order valence-corrected chi connectivity index (χ1v) is 5.14. The SMILES string of the molecule is CCCCCCOCCOCC(=O)O. The van der Waals surface area contributed by atoms with Gasteiger partial charge in [0.25, 0.3) is 0 Å². The van der Waals surface area contributed by atoms with Crippen LogP contribution in [0.4, 0.5) is 0 Å². The lowest BCUT2D eigenvalue weighted by Gasteiger charge is -2.03. The molecule has 0 aromatic heterocycles. The minimum absolute atomic E-state index is 0.237. The summed E-state index contributed by atoms with van der Waals surface area (Å²) in [6.45, 7) is 3.52. The lowest BCUT2D eigenvalue weighted by Crippen LogP contribution is -2.11. The van der Waals surface area contributed by atoms with Crippen LogP contribution in [0.1, 0.15) is 32.6 Å². The van der Waals surface area contributed by atoms with Gasteiger partial charge < -0.3 is 14.6 Å². The van der Waals surface area contributed by atoms with Crippen LogP contribution in [0.2, 0.25) is 0 Å². The molecule has 14 heavy (non-hydrogen) atoms. The fourth-order valence-corrected chi connectivity index (χ4v) is 1.01. The Kier molecular flexibility index (Phi) is 10.0. The first-order chi connectivity index (χ1) is 6.77. The van der Waals surface area contributed by atoms with Crippen LogP contribution >= 0.6 is 0 Å². The Morgan fingerprint density at radius 2 is 1.79 bits per heavy atom. The Labute approximate surface area is 85.2 Å². The van der Waals surface area contributed by atoms with Gasteiger partial charge in [0.2, 0.25) is 0 Å². The molecule has 0 rings (SSSR count). The Morgan fingerprint density at radius 1 is 1.07 bits per heavy atom. The number of aliphatic carboxylic acids is 1. The molecule has 0 spiro atoms. The van der Waals surface area contributed by atoms with Gasteiger partial charge in [-0.2, -0.15) is 0 Å². The molecule has 4 heteroatoms. The number of ether oxygens (including phenoxy) is 2. The largest absolute Gasteiger partial charge is 0.480 e. The summed E-state index contributed by atoms with van der Waals surface area (Å²) in [6, 6.07) is 0. The number of carboxylic acid groups (broad SMARTS) is 1. The van der Waals surface area contributed by atoms with E-state index in [4.69, 9.17) is 14.6 Å². The molecule has 0 amide bonds. The monoisotopic (exact) mass is 204 g/mol. The Hall–Kier alpha value is -0.610. The first kappa shape index (κ1) is 13.4. The van der Waals surface area contributed by atoms with Gasteiger partial charge in [-0.3, -0.25) is 0 Å². The van der Waals surface area contributed by atoms with Gasteiger partial charge in [-0.05, 0) is 6.42 Å². The number of unbranched alkanes of at least 4 members (excludes halogenated alkanes) is 3. The molecule has 0 aromatic rings. The molecule has 0 atom stereocenters. The summed E-state index contributed by atoms with van der Waals surface area (Å²) in [6.07, 6.45) is 4.75. The number of carbonyl (C=O) groups is 1. The van der Waals surface area contributed by atoms with Crippen LogP contribution in [0.5, 0.6) is 0 Å². The zero-order valence-corrected chi connectivity index (χ0v) is 8.83. The molecule has 0 fully saturated rings. The fraction of sp³-hybridized carbons (Fsp3) is 0.900. The van der Waals surface area contributed by atoms with Gasteiger partial charge in [-0.25, -0.2) is 4.79 Å². The molecule has 0 aliphatic rings. The summed E-state index contributed by atoms with van der Waals surface area (Å²) >= 11 is 0.